The number of benzene rings is 1. The first-order valence-electron chi connectivity index (χ1n) is 8.88. The number of urea groups is 1. The van der Waals surface area contributed by atoms with Crippen LogP contribution in [0, 0.1) is 0 Å². The average Bonchev–Trinajstić information content (AvgIpc) is 3.39. The van der Waals surface area contributed by atoms with Crippen molar-refractivity contribution in [2.75, 3.05) is 32.7 Å². The Morgan fingerprint density at radius 1 is 1.04 bits per heavy atom. The van der Waals surface area contributed by atoms with Gasteiger partial charge in [0.25, 0.3) is 0 Å². The summed E-state index contributed by atoms with van der Waals surface area (Å²) in [4.78, 5) is 27.9. The number of alkyl halides is 3. The summed E-state index contributed by atoms with van der Waals surface area (Å²) in [6.45, 7) is 1.31. The molecule has 0 atom stereocenters. The van der Waals surface area contributed by atoms with Crippen LogP contribution in [-0.2, 0) is 4.79 Å². The van der Waals surface area contributed by atoms with Crippen molar-refractivity contribution < 1.29 is 22.8 Å². The molecular weight excluding hydrogens is 379 g/mol. The first-order valence-corrected chi connectivity index (χ1v) is 9.69. The van der Waals surface area contributed by atoms with E-state index in [4.69, 9.17) is 0 Å². The number of piperazine rings is 1. The van der Waals surface area contributed by atoms with Crippen molar-refractivity contribution in [1.29, 1.82) is 0 Å². The minimum atomic E-state index is -4.50. The third kappa shape index (κ3) is 5.79. The lowest BCUT2D eigenvalue weighted by Crippen LogP contribution is -2.54. The Morgan fingerprint density at radius 3 is 2.19 bits per heavy atom. The van der Waals surface area contributed by atoms with E-state index in [9.17, 15) is 22.8 Å². The topological polar surface area (TPSA) is 52.7 Å². The molecule has 5 nitrogen and oxygen atoms in total. The van der Waals surface area contributed by atoms with Gasteiger partial charge in [0.1, 0.15) is 6.42 Å². The molecule has 1 aliphatic heterocycles. The molecule has 1 saturated heterocycles. The fraction of sp³-hybridized carbons (Fsp3) is 0.556. The van der Waals surface area contributed by atoms with Crippen molar-refractivity contribution >= 4 is 23.7 Å². The molecular formula is C18H22F3N3O2S. The van der Waals surface area contributed by atoms with E-state index in [-0.39, 0.29) is 37.0 Å². The number of nitrogens with zero attached hydrogens (tertiary/aromatic N) is 2. The molecule has 148 valence electrons. The Balaban J connectivity index is 1.42. The number of hydrogen-bond acceptors (Lipinski definition) is 3. The maximum Gasteiger partial charge on any atom is 0.397 e. The van der Waals surface area contributed by atoms with Crippen molar-refractivity contribution in [2.45, 2.75) is 35.1 Å². The van der Waals surface area contributed by atoms with E-state index >= 15 is 0 Å². The number of amides is 3. The van der Waals surface area contributed by atoms with E-state index in [1.165, 1.54) is 9.80 Å². The molecule has 0 aromatic heterocycles. The quantitative estimate of drug-likeness (QED) is 0.825. The second kappa shape index (κ2) is 8.00. The van der Waals surface area contributed by atoms with Crippen molar-refractivity contribution in [2.24, 2.45) is 0 Å². The Kier molecular flexibility index (Phi) is 5.88. The molecule has 1 aromatic rings. The van der Waals surface area contributed by atoms with Crippen LogP contribution < -0.4 is 5.32 Å². The summed E-state index contributed by atoms with van der Waals surface area (Å²) < 4.78 is 37.0. The van der Waals surface area contributed by atoms with Gasteiger partial charge in [0.15, 0.2) is 0 Å². The van der Waals surface area contributed by atoms with Gasteiger partial charge in [-0.05, 0) is 25.0 Å². The van der Waals surface area contributed by atoms with Crippen LogP contribution >= 0.6 is 11.8 Å². The molecule has 3 amide bonds. The van der Waals surface area contributed by atoms with Gasteiger partial charge in [-0.1, -0.05) is 18.2 Å². The molecule has 3 rings (SSSR count). The van der Waals surface area contributed by atoms with Gasteiger partial charge in [0.2, 0.25) is 5.91 Å². The van der Waals surface area contributed by atoms with E-state index in [0.717, 1.165) is 12.8 Å². The molecule has 0 radical (unpaired) electrons. The van der Waals surface area contributed by atoms with Crippen molar-refractivity contribution in [1.82, 2.24) is 15.1 Å². The van der Waals surface area contributed by atoms with E-state index in [2.05, 4.69) is 5.32 Å². The largest absolute Gasteiger partial charge is 0.397 e. The highest BCUT2D eigenvalue weighted by Gasteiger charge is 2.44. The number of carbonyl (C=O) groups is 2. The van der Waals surface area contributed by atoms with Crippen LogP contribution in [0.4, 0.5) is 18.0 Å². The molecule has 1 N–H and O–H groups in total. The minimum Gasteiger partial charge on any atom is -0.339 e. The van der Waals surface area contributed by atoms with Crippen molar-refractivity contribution in [3.63, 3.8) is 0 Å². The van der Waals surface area contributed by atoms with Crippen LogP contribution in [-0.4, -0.2) is 65.4 Å². The SMILES string of the molecule is O=C(CC(F)(F)F)N1CCN(C(=O)NCC2(Sc3ccccc3)CC2)CC1. The molecule has 2 aliphatic rings. The highest BCUT2D eigenvalue weighted by atomic mass is 32.2. The zero-order chi connectivity index (χ0) is 19.5. The van der Waals surface area contributed by atoms with Gasteiger partial charge in [-0.3, -0.25) is 4.79 Å². The van der Waals surface area contributed by atoms with Crippen molar-refractivity contribution in [3.8, 4) is 0 Å². The first kappa shape index (κ1) is 19.9. The average molecular weight is 401 g/mol. The van der Waals surface area contributed by atoms with E-state index < -0.39 is 18.5 Å². The summed E-state index contributed by atoms with van der Waals surface area (Å²) >= 11 is 1.76. The second-order valence-corrected chi connectivity index (χ2v) is 8.46. The smallest absolute Gasteiger partial charge is 0.339 e. The zero-order valence-corrected chi connectivity index (χ0v) is 15.6. The maximum atomic E-state index is 12.4. The Hall–Kier alpha value is -1.90. The van der Waals surface area contributed by atoms with Gasteiger partial charge in [0.05, 0.1) is 0 Å². The van der Waals surface area contributed by atoms with Crippen LogP contribution in [0.1, 0.15) is 19.3 Å². The van der Waals surface area contributed by atoms with E-state index in [0.29, 0.717) is 6.54 Å². The third-order valence-corrected chi connectivity index (χ3v) is 6.21. The summed E-state index contributed by atoms with van der Waals surface area (Å²) in [5, 5.41) is 2.94. The van der Waals surface area contributed by atoms with Crippen LogP contribution in [0.5, 0.6) is 0 Å². The number of halogens is 3. The molecule has 0 spiro atoms. The molecule has 1 aromatic carbocycles. The number of hydrogen-bond donors (Lipinski definition) is 1. The highest BCUT2D eigenvalue weighted by Crippen LogP contribution is 2.51. The predicted octanol–water partition coefficient (Wildman–Crippen LogP) is 3.12. The third-order valence-electron chi connectivity index (χ3n) is 4.72. The van der Waals surface area contributed by atoms with E-state index in [1.807, 2.05) is 30.3 Å². The normalized spacial score (nSPS) is 18.9. The molecule has 0 unspecified atom stereocenters. The zero-order valence-electron chi connectivity index (χ0n) is 14.8. The Labute approximate surface area is 160 Å². The van der Waals surface area contributed by atoms with Gasteiger partial charge in [-0.15, -0.1) is 11.8 Å². The molecule has 2 fully saturated rings. The van der Waals surface area contributed by atoms with Crippen LogP contribution in [0.25, 0.3) is 0 Å². The summed E-state index contributed by atoms with van der Waals surface area (Å²) in [5.74, 6) is -0.932. The second-order valence-electron chi connectivity index (χ2n) is 6.92. The number of nitrogens with one attached hydrogen (secondary N) is 1. The van der Waals surface area contributed by atoms with Gasteiger partial charge in [-0.2, -0.15) is 13.2 Å². The number of rotatable bonds is 5. The molecule has 1 aliphatic carbocycles. The fourth-order valence-electron chi connectivity index (χ4n) is 2.98. The summed E-state index contributed by atoms with van der Waals surface area (Å²) in [7, 11) is 0. The van der Waals surface area contributed by atoms with Gasteiger partial charge in [0, 0.05) is 42.4 Å². The minimum absolute atomic E-state index is 0.0293. The molecule has 27 heavy (non-hydrogen) atoms. The molecule has 0 bridgehead atoms. The standard InChI is InChI=1S/C18H22F3N3O2S/c19-18(20,21)12-15(25)23-8-10-24(11-9-23)16(26)22-13-17(6-7-17)27-14-4-2-1-3-5-14/h1-5H,6-13H2,(H,22,26). The lowest BCUT2D eigenvalue weighted by molar-refractivity contribution is -0.162. The van der Waals surface area contributed by atoms with Gasteiger partial charge < -0.3 is 15.1 Å². The number of carbonyl (C=O) groups excluding carboxylic acids is 2. The van der Waals surface area contributed by atoms with Gasteiger partial charge in [-0.25, -0.2) is 4.79 Å². The summed E-state index contributed by atoms with van der Waals surface area (Å²) in [6, 6.07) is 9.79. The monoisotopic (exact) mass is 401 g/mol. The van der Waals surface area contributed by atoms with Crippen LogP contribution in [0.15, 0.2) is 35.2 Å². The maximum absolute atomic E-state index is 12.4. The molecule has 1 heterocycles. The van der Waals surface area contributed by atoms with Crippen molar-refractivity contribution in [3.05, 3.63) is 30.3 Å². The summed E-state index contributed by atoms with van der Waals surface area (Å²) in [5.41, 5.74) is 0. The fourth-order valence-corrected chi connectivity index (χ4v) is 4.23. The van der Waals surface area contributed by atoms with Crippen LogP contribution in [0.3, 0.4) is 0 Å². The lowest BCUT2D eigenvalue weighted by atomic mass is 10.3. The molecule has 9 heteroatoms. The Morgan fingerprint density at radius 2 is 1.63 bits per heavy atom. The van der Waals surface area contributed by atoms with Crippen LogP contribution in [0.2, 0.25) is 0 Å². The highest BCUT2D eigenvalue weighted by molar-refractivity contribution is 8.01. The van der Waals surface area contributed by atoms with E-state index in [1.54, 1.807) is 16.7 Å². The molecule has 1 saturated carbocycles. The number of thioether (sulfide) groups is 1. The predicted molar refractivity (Wildman–Crippen MR) is 96.5 cm³/mol. The van der Waals surface area contributed by atoms with Gasteiger partial charge >= 0.3 is 12.2 Å². The Bertz CT molecular complexity index is 672. The first-order chi connectivity index (χ1) is 12.8. The lowest BCUT2D eigenvalue weighted by Gasteiger charge is -2.35. The summed E-state index contributed by atoms with van der Waals surface area (Å²) in [6.07, 6.45) is -3.88.